The molecule has 1 atom stereocenters. The highest BCUT2D eigenvalue weighted by Gasteiger charge is 2.34. The second kappa shape index (κ2) is 8.94. The SMILES string of the molecule is C=C(C)CN=C(NCCc1ccco1)NC1CCN(CC(F)(F)F)C1. The predicted octanol–water partition coefficient (Wildman–Crippen LogP) is 2.57. The summed E-state index contributed by atoms with van der Waals surface area (Å²) in [4.78, 5) is 5.84. The van der Waals surface area contributed by atoms with E-state index in [1.807, 2.05) is 19.1 Å². The van der Waals surface area contributed by atoms with Gasteiger partial charge in [0.05, 0.1) is 19.4 Å². The standard InChI is InChI=1S/C17H25F3N4O/c1-13(2)10-22-16(21-7-5-15-4-3-9-25-15)23-14-6-8-24(11-14)12-17(18,19)20/h3-4,9,14H,1,5-8,10-12H2,2H3,(H2,21,22,23). The largest absolute Gasteiger partial charge is 0.469 e. The van der Waals surface area contributed by atoms with E-state index in [-0.39, 0.29) is 6.04 Å². The fraction of sp³-hybridized carbons (Fsp3) is 0.588. The first-order valence-electron chi connectivity index (χ1n) is 8.32. The highest BCUT2D eigenvalue weighted by atomic mass is 19.4. The van der Waals surface area contributed by atoms with Crippen LogP contribution in [0.2, 0.25) is 0 Å². The molecule has 1 aromatic heterocycles. The Kier molecular flexibility index (Phi) is 6.92. The summed E-state index contributed by atoms with van der Waals surface area (Å²) in [5.74, 6) is 1.46. The fourth-order valence-electron chi connectivity index (χ4n) is 2.67. The van der Waals surface area contributed by atoms with Gasteiger partial charge in [0, 0.05) is 32.1 Å². The van der Waals surface area contributed by atoms with Gasteiger partial charge in [-0.25, -0.2) is 4.99 Å². The number of halogens is 3. The number of likely N-dealkylation sites (tertiary alicyclic amines) is 1. The Morgan fingerprint density at radius 1 is 1.48 bits per heavy atom. The lowest BCUT2D eigenvalue weighted by Crippen LogP contribution is -2.45. The number of nitrogens with one attached hydrogen (secondary N) is 2. The molecule has 0 spiro atoms. The van der Waals surface area contributed by atoms with Crippen molar-refractivity contribution in [2.45, 2.75) is 32.0 Å². The van der Waals surface area contributed by atoms with Gasteiger partial charge in [-0.15, -0.1) is 0 Å². The van der Waals surface area contributed by atoms with E-state index in [2.05, 4.69) is 22.2 Å². The molecule has 1 aliphatic rings. The third-order valence-electron chi connectivity index (χ3n) is 3.77. The summed E-state index contributed by atoms with van der Waals surface area (Å²) in [7, 11) is 0. The molecule has 0 saturated carbocycles. The van der Waals surface area contributed by atoms with Gasteiger partial charge in [0.15, 0.2) is 5.96 Å². The van der Waals surface area contributed by atoms with Crippen LogP contribution >= 0.6 is 0 Å². The Labute approximate surface area is 146 Å². The Morgan fingerprint density at radius 2 is 2.28 bits per heavy atom. The van der Waals surface area contributed by atoms with Crippen LogP contribution in [0.25, 0.3) is 0 Å². The molecule has 0 radical (unpaired) electrons. The van der Waals surface area contributed by atoms with Crippen molar-refractivity contribution in [2.24, 2.45) is 4.99 Å². The van der Waals surface area contributed by atoms with Gasteiger partial charge < -0.3 is 15.1 Å². The summed E-state index contributed by atoms with van der Waals surface area (Å²) in [6.07, 6.45) is -1.18. The highest BCUT2D eigenvalue weighted by Crippen LogP contribution is 2.19. The van der Waals surface area contributed by atoms with E-state index >= 15 is 0 Å². The van der Waals surface area contributed by atoms with Gasteiger partial charge in [0.2, 0.25) is 0 Å². The molecule has 25 heavy (non-hydrogen) atoms. The third kappa shape index (κ3) is 7.64. The molecule has 0 bridgehead atoms. The van der Waals surface area contributed by atoms with Crippen molar-refractivity contribution in [1.29, 1.82) is 0 Å². The molecule has 1 aromatic rings. The predicted molar refractivity (Wildman–Crippen MR) is 91.6 cm³/mol. The molecule has 1 fully saturated rings. The van der Waals surface area contributed by atoms with Gasteiger partial charge in [-0.2, -0.15) is 13.2 Å². The van der Waals surface area contributed by atoms with Crippen LogP contribution in [0, 0.1) is 0 Å². The van der Waals surface area contributed by atoms with E-state index in [1.165, 1.54) is 4.90 Å². The zero-order valence-corrected chi connectivity index (χ0v) is 14.4. The van der Waals surface area contributed by atoms with Crippen LogP contribution in [0.15, 0.2) is 40.0 Å². The van der Waals surface area contributed by atoms with Crippen molar-refractivity contribution in [3.05, 3.63) is 36.3 Å². The topological polar surface area (TPSA) is 52.8 Å². The molecule has 1 unspecified atom stereocenters. The lowest BCUT2D eigenvalue weighted by molar-refractivity contribution is -0.143. The molecule has 2 heterocycles. The van der Waals surface area contributed by atoms with E-state index in [0.717, 1.165) is 11.3 Å². The third-order valence-corrected chi connectivity index (χ3v) is 3.77. The van der Waals surface area contributed by atoms with Crippen LogP contribution in [0.1, 0.15) is 19.1 Å². The summed E-state index contributed by atoms with van der Waals surface area (Å²) >= 11 is 0. The Bertz CT molecular complexity index is 569. The minimum absolute atomic E-state index is 0.0534. The molecular formula is C17H25F3N4O. The Balaban J connectivity index is 1.83. The minimum Gasteiger partial charge on any atom is -0.469 e. The van der Waals surface area contributed by atoms with Crippen LogP contribution < -0.4 is 10.6 Å². The lowest BCUT2D eigenvalue weighted by Gasteiger charge is -2.20. The monoisotopic (exact) mass is 358 g/mol. The number of furan rings is 1. The second-order valence-corrected chi connectivity index (χ2v) is 6.36. The summed E-state index contributed by atoms with van der Waals surface area (Å²) < 4.78 is 42.8. The number of hydrogen-bond acceptors (Lipinski definition) is 3. The molecule has 0 amide bonds. The zero-order chi connectivity index (χ0) is 18.3. The molecular weight excluding hydrogens is 333 g/mol. The van der Waals surface area contributed by atoms with Gasteiger partial charge in [0.1, 0.15) is 5.76 Å². The first kappa shape index (κ1) is 19.4. The number of aliphatic imine (C=N–C) groups is 1. The zero-order valence-electron chi connectivity index (χ0n) is 14.4. The lowest BCUT2D eigenvalue weighted by atomic mass is 10.2. The van der Waals surface area contributed by atoms with Gasteiger partial charge in [0.25, 0.3) is 0 Å². The number of rotatable bonds is 7. The second-order valence-electron chi connectivity index (χ2n) is 6.36. The van der Waals surface area contributed by atoms with Crippen LogP contribution in [-0.4, -0.2) is 55.8 Å². The van der Waals surface area contributed by atoms with Crippen molar-refractivity contribution in [1.82, 2.24) is 15.5 Å². The Morgan fingerprint density at radius 3 is 2.92 bits per heavy atom. The molecule has 0 aliphatic carbocycles. The maximum absolute atomic E-state index is 12.5. The minimum atomic E-state index is -4.16. The summed E-state index contributed by atoms with van der Waals surface area (Å²) in [6, 6.07) is 3.67. The van der Waals surface area contributed by atoms with E-state index in [0.29, 0.717) is 45.0 Å². The van der Waals surface area contributed by atoms with Crippen LogP contribution in [0.4, 0.5) is 13.2 Å². The first-order valence-corrected chi connectivity index (χ1v) is 8.32. The normalized spacial score (nSPS) is 19.2. The van der Waals surface area contributed by atoms with Gasteiger partial charge in [-0.3, -0.25) is 4.90 Å². The molecule has 8 heteroatoms. The number of alkyl halides is 3. The molecule has 2 rings (SSSR count). The summed E-state index contributed by atoms with van der Waals surface area (Å²) in [5.41, 5.74) is 0.914. The molecule has 140 valence electrons. The maximum atomic E-state index is 12.5. The molecule has 0 aromatic carbocycles. The van der Waals surface area contributed by atoms with Gasteiger partial charge in [-0.05, 0) is 25.5 Å². The van der Waals surface area contributed by atoms with Gasteiger partial charge in [-0.1, -0.05) is 12.2 Å². The number of nitrogens with zero attached hydrogens (tertiary/aromatic N) is 2. The fourth-order valence-corrected chi connectivity index (χ4v) is 2.67. The van der Waals surface area contributed by atoms with Crippen molar-refractivity contribution in [3.63, 3.8) is 0 Å². The van der Waals surface area contributed by atoms with Crippen LogP contribution in [-0.2, 0) is 6.42 Å². The summed E-state index contributed by atoms with van der Waals surface area (Å²) in [6.45, 7) is 6.70. The summed E-state index contributed by atoms with van der Waals surface area (Å²) in [5, 5.41) is 6.43. The van der Waals surface area contributed by atoms with Crippen LogP contribution in [0.3, 0.4) is 0 Å². The average Bonchev–Trinajstić information content (AvgIpc) is 3.15. The smallest absolute Gasteiger partial charge is 0.401 e. The van der Waals surface area contributed by atoms with E-state index in [1.54, 1.807) is 6.26 Å². The number of hydrogen-bond donors (Lipinski definition) is 2. The van der Waals surface area contributed by atoms with E-state index in [4.69, 9.17) is 4.42 Å². The maximum Gasteiger partial charge on any atom is 0.401 e. The van der Waals surface area contributed by atoms with Crippen molar-refractivity contribution in [2.75, 3.05) is 32.7 Å². The van der Waals surface area contributed by atoms with Crippen molar-refractivity contribution in [3.8, 4) is 0 Å². The van der Waals surface area contributed by atoms with Crippen molar-refractivity contribution < 1.29 is 17.6 Å². The van der Waals surface area contributed by atoms with Crippen LogP contribution in [0.5, 0.6) is 0 Å². The molecule has 1 saturated heterocycles. The molecule has 1 aliphatic heterocycles. The highest BCUT2D eigenvalue weighted by molar-refractivity contribution is 5.80. The first-order chi connectivity index (χ1) is 11.8. The molecule has 2 N–H and O–H groups in total. The Hall–Kier alpha value is -1.96. The molecule has 5 nitrogen and oxygen atoms in total. The number of guanidine groups is 1. The van der Waals surface area contributed by atoms with Crippen molar-refractivity contribution >= 4 is 5.96 Å². The van der Waals surface area contributed by atoms with E-state index in [9.17, 15) is 13.2 Å². The average molecular weight is 358 g/mol. The van der Waals surface area contributed by atoms with E-state index < -0.39 is 12.7 Å². The quantitative estimate of drug-likeness (QED) is 0.447. The van der Waals surface area contributed by atoms with Gasteiger partial charge >= 0.3 is 6.18 Å².